The summed E-state index contributed by atoms with van der Waals surface area (Å²) >= 11 is 1.48. The maximum atomic E-state index is 13.8. The predicted molar refractivity (Wildman–Crippen MR) is 143 cm³/mol. The van der Waals surface area contributed by atoms with Crippen LogP contribution < -0.4 is 15.6 Å². The molecular weight excluding hydrogens is 458 g/mol. The van der Waals surface area contributed by atoms with Gasteiger partial charge in [0, 0.05) is 26.2 Å². The molecule has 35 heavy (non-hydrogen) atoms. The standard InChI is InChI=1S/C27H31N5O2S/c33-24-20-17-19(31-14-7-2-8-15-31)18-29-25(20)32-21-9-3-4-10-22(21)35-27(32)23(24)26(34)28-11-16-30-12-5-1-6-13-30/h3-4,9-10,17-18H,1-2,5-8,11-16H2,(H,28,34). The van der Waals surface area contributed by atoms with E-state index < -0.39 is 0 Å². The fraction of sp³-hybridized carbons (Fsp3) is 0.444. The Balaban J connectivity index is 1.44. The average molecular weight is 490 g/mol. The number of nitrogens with zero attached hydrogens (tertiary/aromatic N) is 4. The number of amides is 1. The fourth-order valence-electron chi connectivity index (χ4n) is 5.51. The number of fused-ring (bicyclic) bond motifs is 5. The van der Waals surface area contributed by atoms with Gasteiger partial charge in [-0.25, -0.2) is 4.98 Å². The Bertz CT molecular complexity index is 1450. The van der Waals surface area contributed by atoms with Gasteiger partial charge in [0.25, 0.3) is 5.91 Å². The number of thiazole rings is 1. The number of piperidine rings is 2. The lowest BCUT2D eigenvalue weighted by atomic mass is 10.1. The number of likely N-dealkylation sites (tertiary alicyclic amines) is 1. The minimum atomic E-state index is -0.290. The molecule has 0 saturated carbocycles. The van der Waals surface area contributed by atoms with Crippen LogP contribution in [0.2, 0.25) is 0 Å². The minimum Gasteiger partial charge on any atom is -0.370 e. The molecule has 182 valence electrons. The fourth-order valence-corrected chi connectivity index (χ4v) is 6.69. The molecule has 1 N–H and O–H groups in total. The molecule has 2 fully saturated rings. The molecule has 0 unspecified atom stereocenters. The Morgan fingerprint density at radius 1 is 1.00 bits per heavy atom. The van der Waals surface area contributed by atoms with Crippen LogP contribution in [0.3, 0.4) is 0 Å². The van der Waals surface area contributed by atoms with Crippen LogP contribution in [-0.2, 0) is 0 Å². The molecule has 0 radical (unpaired) electrons. The number of carbonyl (C=O) groups excluding carboxylic acids is 1. The summed E-state index contributed by atoms with van der Waals surface area (Å²) in [6, 6.07) is 9.97. The molecule has 0 aliphatic carbocycles. The predicted octanol–water partition coefficient (Wildman–Crippen LogP) is 4.27. The van der Waals surface area contributed by atoms with Crippen molar-refractivity contribution >= 4 is 49.0 Å². The zero-order valence-corrected chi connectivity index (χ0v) is 20.8. The molecule has 0 spiro atoms. The van der Waals surface area contributed by atoms with E-state index in [9.17, 15) is 9.59 Å². The van der Waals surface area contributed by atoms with Crippen LogP contribution in [-0.4, -0.2) is 59.5 Å². The van der Waals surface area contributed by atoms with Gasteiger partial charge in [-0.3, -0.25) is 14.0 Å². The van der Waals surface area contributed by atoms with Crippen LogP contribution in [0.1, 0.15) is 48.9 Å². The normalized spacial score (nSPS) is 17.4. The summed E-state index contributed by atoms with van der Waals surface area (Å²) < 4.78 is 3.03. The third-order valence-electron chi connectivity index (χ3n) is 7.38. The highest BCUT2D eigenvalue weighted by molar-refractivity contribution is 7.24. The highest BCUT2D eigenvalue weighted by Crippen LogP contribution is 2.31. The van der Waals surface area contributed by atoms with E-state index in [1.807, 2.05) is 40.9 Å². The van der Waals surface area contributed by atoms with E-state index in [1.165, 1.54) is 37.0 Å². The quantitative estimate of drug-likeness (QED) is 0.453. The topological polar surface area (TPSA) is 70.0 Å². The molecule has 1 aromatic carbocycles. The molecule has 2 saturated heterocycles. The zero-order valence-electron chi connectivity index (χ0n) is 20.0. The van der Waals surface area contributed by atoms with Crippen LogP contribution in [0.4, 0.5) is 5.69 Å². The first kappa shape index (κ1) is 22.5. The van der Waals surface area contributed by atoms with Crippen LogP contribution in [0.25, 0.3) is 26.1 Å². The number of nitrogens with one attached hydrogen (secondary N) is 1. The first-order valence-corrected chi connectivity index (χ1v) is 13.6. The number of carbonyl (C=O) groups is 1. The second-order valence-corrected chi connectivity index (χ2v) is 10.7. The number of anilines is 1. The Kier molecular flexibility index (Phi) is 6.16. The largest absolute Gasteiger partial charge is 0.370 e. The van der Waals surface area contributed by atoms with E-state index >= 15 is 0 Å². The van der Waals surface area contributed by atoms with Crippen molar-refractivity contribution in [3.63, 3.8) is 0 Å². The van der Waals surface area contributed by atoms with E-state index in [-0.39, 0.29) is 16.9 Å². The summed E-state index contributed by atoms with van der Waals surface area (Å²) in [6.45, 7) is 5.47. The third kappa shape index (κ3) is 4.19. The van der Waals surface area contributed by atoms with Crippen molar-refractivity contribution in [3.05, 3.63) is 52.3 Å². The summed E-state index contributed by atoms with van der Waals surface area (Å²) in [5, 5.41) is 3.56. The van der Waals surface area contributed by atoms with Crippen molar-refractivity contribution in [1.29, 1.82) is 0 Å². The lowest BCUT2D eigenvalue weighted by Gasteiger charge is -2.28. The van der Waals surface area contributed by atoms with E-state index in [1.54, 1.807) is 0 Å². The molecule has 8 heteroatoms. The van der Waals surface area contributed by atoms with Crippen molar-refractivity contribution in [3.8, 4) is 0 Å². The van der Waals surface area contributed by atoms with Crippen molar-refractivity contribution in [2.24, 2.45) is 0 Å². The number of aromatic nitrogens is 2. The van der Waals surface area contributed by atoms with Crippen LogP contribution in [0.5, 0.6) is 0 Å². The molecular formula is C27H31N5O2S. The molecule has 6 rings (SSSR count). The summed E-state index contributed by atoms with van der Waals surface area (Å²) in [5.74, 6) is -0.290. The second kappa shape index (κ2) is 9.59. The smallest absolute Gasteiger partial charge is 0.258 e. The van der Waals surface area contributed by atoms with Crippen molar-refractivity contribution in [1.82, 2.24) is 19.6 Å². The van der Waals surface area contributed by atoms with Gasteiger partial charge < -0.3 is 15.1 Å². The van der Waals surface area contributed by atoms with Gasteiger partial charge in [0.2, 0.25) is 5.43 Å². The van der Waals surface area contributed by atoms with Gasteiger partial charge >= 0.3 is 0 Å². The van der Waals surface area contributed by atoms with Crippen molar-refractivity contribution in [2.75, 3.05) is 44.2 Å². The highest BCUT2D eigenvalue weighted by atomic mass is 32.1. The average Bonchev–Trinajstić information content (AvgIpc) is 3.29. The summed E-state index contributed by atoms with van der Waals surface area (Å²) in [5.41, 5.74) is 2.56. The zero-order chi connectivity index (χ0) is 23.8. The molecule has 3 aromatic heterocycles. The molecule has 2 aliphatic heterocycles. The number of hydrogen-bond acceptors (Lipinski definition) is 6. The van der Waals surface area contributed by atoms with E-state index in [4.69, 9.17) is 4.98 Å². The van der Waals surface area contributed by atoms with Gasteiger partial charge in [0.05, 0.1) is 27.5 Å². The van der Waals surface area contributed by atoms with Gasteiger partial charge in [-0.05, 0) is 63.4 Å². The Morgan fingerprint density at radius 2 is 1.74 bits per heavy atom. The summed E-state index contributed by atoms with van der Waals surface area (Å²) in [6.07, 6.45) is 9.14. The van der Waals surface area contributed by atoms with E-state index in [2.05, 4.69) is 15.1 Å². The number of para-hydroxylation sites is 1. The first-order chi connectivity index (χ1) is 17.2. The number of rotatable bonds is 5. The van der Waals surface area contributed by atoms with Crippen LogP contribution in [0.15, 0.2) is 41.3 Å². The lowest BCUT2D eigenvalue weighted by Crippen LogP contribution is -2.38. The van der Waals surface area contributed by atoms with E-state index in [0.29, 0.717) is 22.4 Å². The lowest BCUT2D eigenvalue weighted by molar-refractivity contribution is 0.0947. The molecule has 4 aromatic rings. The Morgan fingerprint density at radius 3 is 2.54 bits per heavy atom. The molecule has 1 amide bonds. The summed E-state index contributed by atoms with van der Waals surface area (Å²) in [4.78, 5) is 37.4. The molecule has 0 atom stereocenters. The molecule has 7 nitrogen and oxygen atoms in total. The van der Waals surface area contributed by atoms with Crippen LogP contribution in [0, 0.1) is 0 Å². The first-order valence-electron chi connectivity index (χ1n) is 12.8. The van der Waals surface area contributed by atoms with Crippen LogP contribution >= 0.6 is 11.3 Å². The van der Waals surface area contributed by atoms with Gasteiger partial charge in [-0.15, -0.1) is 11.3 Å². The van der Waals surface area contributed by atoms with Gasteiger partial charge in [-0.1, -0.05) is 18.6 Å². The molecule has 2 aliphatic rings. The SMILES string of the molecule is O=C(NCCN1CCCCC1)c1c(=O)c2cc(N3CCCCC3)cnc2n2c1sc1ccccc12. The summed E-state index contributed by atoms with van der Waals surface area (Å²) in [7, 11) is 0. The number of pyridine rings is 2. The van der Waals surface area contributed by atoms with Gasteiger partial charge in [0.1, 0.15) is 16.0 Å². The number of benzene rings is 1. The maximum Gasteiger partial charge on any atom is 0.258 e. The molecule has 0 bridgehead atoms. The van der Waals surface area contributed by atoms with Crippen molar-refractivity contribution < 1.29 is 4.79 Å². The van der Waals surface area contributed by atoms with E-state index in [0.717, 1.165) is 61.5 Å². The monoisotopic (exact) mass is 489 g/mol. The molecule has 5 heterocycles. The minimum absolute atomic E-state index is 0.228. The highest BCUT2D eigenvalue weighted by Gasteiger charge is 2.23. The second-order valence-electron chi connectivity index (χ2n) is 9.69. The van der Waals surface area contributed by atoms with Crippen molar-refractivity contribution in [2.45, 2.75) is 38.5 Å². The Hall–Kier alpha value is -2.97. The van der Waals surface area contributed by atoms with Gasteiger partial charge in [0.15, 0.2) is 0 Å². The third-order valence-corrected chi connectivity index (χ3v) is 8.52. The maximum absolute atomic E-state index is 13.8. The Labute approximate surface area is 208 Å². The van der Waals surface area contributed by atoms with Gasteiger partial charge in [-0.2, -0.15) is 0 Å². The number of hydrogen-bond donors (Lipinski definition) is 1.